The highest BCUT2D eigenvalue weighted by atomic mass is 16.5. The van der Waals surface area contributed by atoms with E-state index in [9.17, 15) is 4.79 Å². The van der Waals surface area contributed by atoms with E-state index in [1.807, 2.05) is 25.2 Å². The van der Waals surface area contributed by atoms with Crippen LogP contribution >= 0.6 is 0 Å². The second-order valence-corrected chi connectivity index (χ2v) is 3.87. The number of methoxy groups -OCH3 is 2. The third-order valence-corrected chi connectivity index (χ3v) is 2.58. The Hall–Kier alpha value is -1.95. The molecule has 6 heteroatoms. The SMILES string of the molecule is CNCCNC(=O)NCc1cccc(OC)c1OC. The highest BCUT2D eigenvalue weighted by Crippen LogP contribution is 2.30. The minimum atomic E-state index is -0.208. The summed E-state index contributed by atoms with van der Waals surface area (Å²) in [6, 6.07) is 5.35. The van der Waals surface area contributed by atoms with Crippen LogP contribution in [0.4, 0.5) is 4.79 Å². The van der Waals surface area contributed by atoms with Gasteiger partial charge in [-0.1, -0.05) is 12.1 Å². The molecule has 19 heavy (non-hydrogen) atoms. The number of hydrogen-bond acceptors (Lipinski definition) is 4. The van der Waals surface area contributed by atoms with Crippen molar-refractivity contribution in [3.63, 3.8) is 0 Å². The Balaban J connectivity index is 2.55. The molecule has 0 aliphatic rings. The van der Waals surface area contributed by atoms with Crippen LogP contribution in [0.1, 0.15) is 5.56 Å². The van der Waals surface area contributed by atoms with Crippen molar-refractivity contribution in [1.29, 1.82) is 0 Å². The van der Waals surface area contributed by atoms with E-state index < -0.39 is 0 Å². The highest BCUT2D eigenvalue weighted by Gasteiger charge is 2.10. The summed E-state index contributed by atoms with van der Waals surface area (Å²) in [4.78, 5) is 11.5. The molecular formula is C13H21N3O3. The van der Waals surface area contributed by atoms with Gasteiger partial charge in [0.2, 0.25) is 0 Å². The van der Waals surface area contributed by atoms with Crippen molar-refractivity contribution in [3.8, 4) is 11.5 Å². The van der Waals surface area contributed by atoms with Gasteiger partial charge in [-0.2, -0.15) is 0 Å². The van der Waals surface area contributed by atoms with Crippen LogP contribution < -0.4 is 25.4 Å². The molecule has 0 aliphatic heterocycles. The summed E-state index contributed by atoms with van der Waals surface area (Å²) in [5.41, 5.74) is 0.866. The Labute approximate surface area is 113 Å². The summed E-state index contributed by atoms with van der Waals surface area (Å²) in [5.74, 6) is 1.29. The van der Waals surface area contributed by atoms with Gasteiger partial charge in [0.1, 0.15) is 0 Å². The fraction of sp³-hybridized carbons (Fsp3) is 0.462. The second kappa shape index (κ2) is 8.20. The molecule has 0 saturated carbocycles. The van der Waals surface area contributed by atoms with Crippen molar-refractivity contribution in [2.45, 2.75) is 6.54 Å². The van der Waals surface area contributed by atoms with Gasteiger partial charge in [-0.15, -0.1) is 0 Å². The van der Waals surface area contributed by atoms with Gasteiger partial charge < -0.3 is 25.4 Å². The zero-order valence-corrected chi connectivity index (χ0v) is 11.6. The molecule has 0 spiro atoms. The maximum Gasteiger partial charge on any atom is 0.315 e. The van der Waals surface area contributed by atoms with Crippen molar-refractivity contribution in [1.82, 2.24) is 16.0 Å². The number of amides is 2. The van der Waals surface area contributed by atoms with Crippen LogP contribution in [0.15, 0.2) is 18.2 Å². The first kappa shape index (κ1) is 15.1. The van der Waals surface area contributed by atoms with Gasteiger partial charge in [-0.3, -0.25) is 0 Å². The number of benzene rings is 1. The van der Waals surface area contributed by atoms with Crippen molar-refractivity contribution >= 4 is 6.03 Å². The number of rotatable bonds is 7. The van der Waals surface area contributed by atoms with Crippen molar-refractivity contribution in [3.05, 3.63) is 23.8 Å². The van der Waals surface area contributed by atoms with Crippen molar-refractivity contribution in [2.75, 3.05) is 34.4 Å². The number of carbonyl (C=O) groups excluding carboxylic acids is 1. The Morgan fingerprint density at radius 3 is 2.58 bits per heavy atom. The number of urea groups is 1. The number of para-hydroxylation sites is 1. The summed E-state index contributed by atoms with van der Waals surface area (Å²) in [6.07, 6.45) is 0. The lowest BCUT2D eigenvalue weighted by molar-refractivity contribution is 0.240. The molecule has 0 aromatic heterocycles. The standard InChI is InChI=1S/C13H21N3O3/c1-14-7-8-15-13(17)16-9-10-5-4-6-11(18-2)12(10)19-3/h4-6,14H,7-9H2,1-3H3,(H2,15,16,17). The van der Waals surface area contributed by atoms with E-state index in [1.54, 1.807) is 14.2 Å². The molecule has 1 aromatic carbocycles. The number of ether oxygens (including phenoxy) is 2. The van der Waals surface area contributed by atoms with E-state index in [2.05, 4.69) is 16.0 Å². The van der Waals surface area contributed by atoms with Gasteiger partial charge in [-0.05, 0) is 13.1 Å². The zero-order valence-electron chi connectivity index (χ0n) is 11.6. The number of nitrogens with one attached hydrogen (secondary N) is 3. The molecule has 1 rings (SSSR count). The molecule has 0 heterocycles. The fourth-order valence-corrected chi connectivity index (χ4v) is 1.63. The van der Waals surface area contributed by atoms with Crippen molar-refractivity contribution in [2.24, 2.45) is 0 Å². The van der Waals surface area contributed by atoms with Crippen LogP contribution in [0, 0.1) is 0 Å². The number of carbonyl (C=O) groups is 1. The first-order chi connectivity index (χ1) is 9.22. The van der Waals surface area contributed by atoms with E-state index in [1.165, 1.54) is 0 Å². The minimum absolute atomic E-state index is 0.208. The third-order valence-electron chi connectivity index (χ3n) is 2.58. The summed E-state index contributed by atoms with van der Waals surface area (Å²) >= 11 is 0. The Morgan fingerprint density at radius 2 is 1.95 bits per heavy atom. The number of likely N-dealkylation sites (N-methyl/N-ethyl adjacent to an activating group) is 1. The molecule has 1 aromatic rings. The Bertz CT molecular complexity index is 410. The van der Waals surface area contributed by atoms with Crippen LogP contribution in [0.2, 0.25) is 0 Å². The van der Waals surface area contributed by atoms with Gasteiger partial charge in [0, 0.05) is 25.2 Å². The average molecular weight is 267 g/mol. The molecule has 0 aliphatic carbocycles. The first-order valence-electron chi connectivity index (χ1n) is 6.09. The lowest BCUT2D eigenvalue weighted by Crippen LogP contribution is -2.38. The molecule has 3 N–H and O–H groups in total. The van der Waals surface area contributed by atoms with Gasteiger partial charge >= 0.3 is 6.03 Å². The van der Waals surface area contributed by atoms with E-state index in [4.69, 9.17) is 9.47 Å². The van der Waals surface area contributed by atoms with Gasteiger partial charge in [0.15, 0.2) is 11.5 Å². The molecular weight excluding hydrogens is 246 g/mol. The Kier molecular flexibility index (Phi) is 6.52. The summed E-state index contributed by atoms with van der Waals surface area (Å²) in [5, 5.41) is 8.46. The molecule has 0 radical (unpaired) electrons. The summed E-state index contributed by atoms with van der Waals surface area (Å²) < 4.78 is 10.5. The zero-order chi connectivity index (χ0) is 14.1. The topological polar surface area (TPSA) is 71.6 Å². The highest BCUT2D eigenvalue weighted by molar-refractivity contribution is 5.73. The predicted octanol–water partition coefficient (Wildman–Crippen LogP) is 0.722. The van der Waals surface area contributed by atoms with E-state index >= 15 is 0 Å². The quantitative estimate of drug-likeness (QED) is 0.637. The van der Waals surface area contributed by atoms with E-state index in [0.717, 1.165) is 12.1 Å². The van der Waals surface area contributed by atoms with Crippen LogP contribution in [0.25, 0.3) is 0 Å². The third kappa shape index (κ3) is 4.67. The largest absolute Gasteiger partial charge is 0.493 e. The second-order valence-electron chi connectivity index (χ2n) is 3.87. The maximum atomic E-state index is 11.5. The van der Waals surface area contributed by atoms with Gasteiger partial charge in [-0.25, -0.2) is 4.79 Å². The molecule has 0 saturated heterocycles. The molecule has 2 amide bonds. The lowest BCUT2D eigenvalue weighted by Gasteiger charge is -2.13. The molecule has 0 unspecified atom stereocenters. The smallest absolute Gasteiger partial charge is 0.315 e. The van der Waals surface area contributed by atoms with Crippen LogP contribution in [-0.2, 0) is 6.54 Å². The average Bonchev–Trinajstić information content (AvgIpc) is 2.44. The van der Waals surface area contributed by atoms with E-state index in [0.29, 0.717) is 24.6 Å². The molecule has 0 atom stereocenters. The first-order valence-corrected chi connectivity index (χ1v) is 6.09. The van der Waals surface area contributed by atoms with Gasteiger partial charge in [0.25, 0.3) is 0 Å². The summed E-state index contributed by atoms with van der Waals surface area (Å²) in [7, 11) is 4.99. The van der Waals surface area contributed by atoms with Gasteiger partial charge in [0.05, 0.1) is 14.2 Å². The predicted molar refractivity (Wildman–Crippen MR) is 73.7 cm³/mol. The molecule has 106 valence electrons. The lowest BCUT2D eigenvalue weighted by atomic mass is 10.2. The van der Waals surface area contributed by atoms with Crippen LogP contribution in [-0.4, -0.2) is 40.4 Å². The normalized spacial score (nSPS) is 9.84. The Morgan fingerprint density at radius 1 is 1.16 bits per heavy atom. The van der Waals surface area contributed by atoms with E-state index in [-0.39, 0.29) is 6.03 Å². The molecule has 0 fully saturated rings. The molecule has 6 nitrogen and oxygen atoms in total. The van der Waals surface area contributed by atoms with Crippen LogP contribution in [0.3, 0.4) is 0 Å². The monoisotopic (exact) mass is 267 g/mol. The number of hydrogen-bond donors (Lipinski definition) is 3. The fourth-order valence-electron chi connectivity index (χ4n) is 1.63. The minimum Gasteiger partial charge on any atom is -0.493 e. The maximum absolute atomic E-state index is 11.5. The summed E-state index contributed by atoms with van der Waals surface area (Å²) in [6.45, 7) is 1.69. The van der Waals surface area contributed by atoms with Crippen molar-refractivity contribution < 1.29 is 14.3 Å². The molecule has 0 bridgehead atoms. The van der Waals surface area contributed by atoms with Crippen LogP contribution in [0.5, 0.6) is 11.5 Å².